The molecule has 1 saturated heterocycles. The van der Waals surface area contributed by atoms with Crippen molar-refractivity contribution in [1.82, 2.24) is 9.47 Å². The number of aliphatic hydroxyl groups excluding tert-OH is 1. The summed E-state index contributed by atoms with van der Waals surface area (Å²) in [7, 11) is 0. The minimum atomic E-state index is -0.469. The van der Waals surface area contributed by atoms with Crippen LogP contribution in [0.3, 0.4) is 0 Å². The van der Waals surface area contributed by atoms with Gasteiger partial charge in [-0.15, -0.1) is 0 Å². The molecule has 2 heterocycles. The van der Waals surface area contributed by atoms with Crippen LogP contribution in [0.2, 0.25) is 0 Å². The minimum absolute atomic E-state index is 0.0417. The fourth-order valence-electron chi connectivity index (χ4n) is 2.83. The van der Waals surface area contributed by atoms with Crippen LogP contribution in [-0.2, 0) is 0 Å². The Balaban J connectivity index is 1.92. The van der Waals surface area contributed by atoms with Gasteiger partial charge < -0.3 is 14.6 Å². The van der Waals surface area contributed by atoms with Crippen molar-refractivity contribution in [3.8, 4) is 0 Å². The van der Waals surface area contributed by atoms with E-state index in [0.29, 0.717) is 12.2 Å². The highest BCUT2D eigenvalue weighted by molar-refractivity contribution is 5.94. The van der Waals surface area contributed by atoms with Crippen LogP contribution >= 0.6 is 0 Å². The van der Waals surface area contributed by atoms with Gasteiger partial charge in [-0.1, -0.05) is 0 Å². The van der Waals surface area contributed by atoms with Gasteiger partial charge in [-0.3, -0.25) is 14.9 Å². The maximum absolute atomic E-state index is 12.6. The second kappa shape index (κ2) is 4.90. The van der Waals surface area contributed by atoms with Crippen molar-refractivity contribution in [2.24, 2.45) is 0 Å². The maximum Gasteiger partial charge on any atom is 0.287 e. The first kappa shape index (κ1) is 13.1. The molecule has 2 fully saturated rings. The molecule has 1 aromatic rings. The number of likely N-dealkylation sites (tertiary alicyclic amines) is 1. The molecule has 2 aliphatic rings. The molecule has 0 spiro atoms. The molecule has 0 unspecified atom stereocenters. The first-order chi connectivity index (χ1) is 9.61. The average Bonchev–Trinajstić information content (AvgIpc) is 3.02. The number of carbonyl (C=O) groups is 1. The van der Waals surface area contributed by atoms with Crippen LogP contribution in [0.25, 0.3) is 0 Å². The summed E-state index contributed by atoms with van der Waals surface area (Å²) in [4.78, 5) is 24.6. The van der Waals surface area contributed by atoms with E-state index in [0.717, 1.165) is 25.7 Å². The van der Waals surface area contributed by atoms with E-state index < -0.39 is 4.92 Å². The zero-order valence-electron chi connectivity index (χ0n) is 11.1. The quantitative estimate of drug-likeness (QED) is 0.665. The minimum Gasteiger partial charge on any atom is -0.394 e. The summed E-state index contributed by atoms with van der Waals surface area (Å²) >= 11 is 0. The topological polar surface area (TPSA) is 88.6 Å². The molecule has 7 nitrogen and oxygen atoms in total. The van der Waals surface area contributed by atoms with Crippen LogP contribution in [0.1, 0.15) is 42.2 Å². The van der Waals surface area contributed by atoms with Gasteiger partial charge in [0.25, 0.3) is 11.6 Å². The predicted molar refractivity (Wildman–Crippen MR) is 70.5 cm³/mol. The number of rotatable bonds is 4. The lowest BCUT2D eigenvalue weighted by atomic mass is 10.2. The number of hydrogen-bond acceptors (Lipinski definition) is 4. The van der Waals surface area contributed by atoms with Crippen LogP contribution in [0, 0.1) is 10.1 Å². The van der Waals surface area contributed by atoms with Crippen molar-refractivity contribution < 1.29 is 14.8 Å². The fraction of sp³-hybridized carbons (Fsp3) is 0.615. The van der Waals surface area contributed by atoms with Gasteiger partial charge in [0.1, 0.15) is 5.69 Å². The van der Waals surface area contributed by atoms with E-state index in [1.165, 1.54) is 12.3 Å². The monoisotopic (exact) mass is 279 g/mol. The lowest BCUT2D eigenvalue weighted by Gasteiger charge is -2.23. The number of aromatic nitrogens is 1. The number of hydrogen-bond donors (Lipinski definition) is 1. The number of carbonyl (C=O) groups excluding carboxylic acids is 1. The van der Waals surface area contributed by atoms with Crippen LogP contribution in [-0.4, -0.2) is 44.6 Å². The van der Waals surface area contributed by atoms with E-state index in [4.69, 9.17) is 0 Å². The second-order valence-corrected chi connectivity index (χ2v) is 5.46. The Hall–Kier alpha value is -1.89. The number of amides is 1. The van der Waals surface area contributed by atoms with Crippen LogP contribution in [0.4, 0.5) is 5.69 Å². The van der Waals surface area contributed by atoms with E-state index in [9.17, 15) is 20.0 Å². The van der Waals surface area contributed by atoms with Gasteiger partial charge in [0, 0.05) is 18.7 Å². The highest BCUT2D eigenvalue weighted by Crippen LogP contribution is 2.38. The summed E-state index contributed by atoms with van der Waals surface area (Å²) < 4.78 is 1.73. The van der Waals surface area contributed by atoms with Gasteiger partial charge in [0.15, 0.2) is 0 Å². The number of nitrogens with zero attached hydrogens (tertiary/aromatic N) is 3. The molecule has 1 aromatic heterocycles. The Labute approximate surface area is 115 Å². The van der Waals surface area contributed by atoms with Gasteiger partial charge in [0.2, 0.25) is 0 Å². The molecule has 0 radical (unpaired) electrons. The molecule has 108 valence electrons. The Morgan fingerprint density at radius 3 is 2.80 bits per heavy atom. The van der Waals surface area contributed by atoms with Crippen molar-refractivity contribution in [1.29, 1.82) is 0 Å². The van der Waals surface area contributed by atoms with E-state index >= 15 is 0 Å². The molecule has 1 N–H and O–H groups in total. The molecule has 1 atom stereocenters. The lowest BCUT2D eigenvalue weighted by Crippen LogP contribution is -2.38. The van der Waals surface area contributed by atoms with E-state index in [1.807, 2.05) is 0 Å². The van der Waals surface area contributed by atoms with Gasteiger partial charge in [-0.05, 0) is 25.7 Å². The van der Waals surface area contributed by atoms with Crippen LogP contribution in [0.5, 0.6) is 0 Å². The van der Waals surface area contributed by atoms with Crippen LogP contribution < -0.4 is 0 Å². The van der Waals surface area contributed by atoms with E-state index in [-0.39, 0.29) is 30.3 Å². The molecule has 1 aliphatic carbocycles. The Kier molecular flexibility index (Phi) is 3.21. The Morgan fingerprint density at radius 1 is 1.45 bits per heavy atom. The highest BCUT2D eigenvalue weighted by Gasteiger charge is 2.35. The summed E-state index contributed by atoms with van der Waals surface area (Å²) in [6.07, 6.45) is 5.01. The largest absolute Gasteiger partial charge is 0.394 e. The molecule has 1 aliphatic heterocycles. The normalized spacial score (nSPS) is 22.2. The Bertz CT molecular complexity index is 550. The van der Waals surface area contributed by atoms with E-state index in [2.05, 4.69) is 0 Å². The van der Waals surface area contributed by atoms with Crippen molar-refractivity contribution in [2.75, 3.05) is 13.2 Å². The summed E-state index contributed by atoms with van der Waals surface area (Å²) in [5.41, 5.74) is 0.333. The molecular formula is C13H17N3O4. The number of aliphatic hydroxyl groups is 1. The molecule has 0 bridgehead atoms. The second-order valence-electron chi connectivity index (χ2n) is 5.46. The van der Waals surface area contributed by atoms with Crippen molar-refractivity contribution >= 4 is 11.6 Å². The van der Waals surface area contributed by atoms with Gasteiger partial charge in [-0.25, -0.2) is 0 Å². The smallest absolute Gasteiger partial charge is 0.287 e. The molecule has 1 saturated carbocycles. The first-order valence-corrected chi connectivity index (χ1v) is 6.90. The van der Waals surface area contributed by atoms with Crippen molar-refractivity contribution in [3.63, 3.8) is 0 Å². The standard InChI is InChI=1S/C13H17N3O4/c17-8-10-2-1-5-14(10)13(18)12-6-11(16(19)20)7-15(12)9-3-4-9/h6-7,9-10,17H,1-5,8H2/t10-/m0/s1. The molecule has 20 heavy (non-hydrogen) atoms. The maximum atomic E-state index is 12.6. The third-order valence-corrected chi connectivity index (χ3v) is 4.05. The van der Waals surface area contributed by atoms with Crippen molar-refractivity contribution in [3.05, 3.63) is 28.1 Å². The molecule has 7 heteroatoms. The van der Waals surface area contributed by atoms with Gasteiger partial charge in [0.05, 0.1) is 23.8 Å². The molecule has 0 aromatic carbocycles. The van der Waals surface area contributed by atoms with Crippen molar-refractivity contribution in [2.45, 2.75) is 37.8 Å². The lowest BCUT2D eigenvalue weighted by molar-refractivity contribution is -0.384. The summed E-state index contributed by atoms with van der Waals surface area (Å²) in [5.74, 6) is -0.207. The number of nitro groups is 1. The fourth-order valence-corrected chi connectivity index (χ4v) is 2.83. The summed E-state index contributed by atoms with van der Waals surface area (Å²) in [6, 6.07) is 1.40. The molecular weight excluding hydrogens is 262 g/mol. The average molecular weight is 279 g/mol. The predicted octanol–water partition coefficient (Wildman–Crippen LogP) is 1.33. The first-order valence-electron chi connectivity index (χ1n) is 6.90. The van der Waals surface area contributed by atoms with Gasteiger partial charge in [-0.2, -0.15) is 0 Å². The SMILES string of the molecule is O=C(c1cc([N+](=O)[O-])cn1C1CC1)N1CCC[C@H]1CO. The zero-order chi connectivity index (χ0) is 14.3. The summed E-state index contributed by atoms with van der Waals surface area (Å²) in [6.45, 7) is 0.547. The third kappa shape index (κ3) is 2.18. The van der Waals surface area contributed by atoms with Gasteiger partial charge >= 0.3 is 0 Å². The van der Waals surface area contributed by atoms with E-state index in [1.54, 1.807) is 9.47 Å². The Morgan fingerprint density at radius 2 is 2.20 bits per heavy atom. The zero-order valence-corrected chi connectivity index (χ0v) is 11.1. The third-order valence-electron chi connectivity index (χ3n) is 4.05. The van der Waals surface area contributed by atoms with Crippen LogP contribution in [0.15, 0.2) is 12.3 Å². The summed E-state index contributed by atoms with van der Waals surface area (Å²) in [5, 5.41) is 20.2. The molecule has 3 rings (SSSR count). The highest BCUT2D eigenvalue weighted by atomic mass is 16.6. The molecule has 1 amide bonds.